The maximum absolute atomic E-state index is 13.4. The molecule has 1 aliphatic carbocycles. The Balaban J connectivity index is 1.95. The van der Waals surface area contributed by atoms with Crippen molar-refractivity contribution in [3.8, 4) is 0 Å². The van der Waals surface area contributed by atoms with Crippen LogP contribution in [0.15, 0.2) is 30.3 Å². The van der Waals surface area contributed by atoms with Gasteiger partial charge in [0.15, 0.2) is 0 Å². The monoisotopic (exact) mass is 398 g/mol. The van der Waals surface area contributed by atoms with Crippen molar-refractivity contribution >= 4 is 28.2 Å². The first-order valence-corrected chi connectivity index (χ1v) is 11.2. The van der Waals surface area contributed by atoms with E-state index in [-0.39, 0.29) is 11.8 Å². The average molecular weight is 399 g/mol. The number of anilines is 1. The van der Waals surface area contributed by atoms with Gasteiger partial charge in [-0.3, -0.25) is 9.59 Å². The predicted molar refractivity (Wildman–Crippen MR) is 116 cm³/mol. The van der Waals surface area contributed by atoms with Crippen LogP contribution < -0.4 is 5.32 Å². The van der Waals surface area contributed by atoms with Gasteiger partial charge in [0.1, 0.15) is 5.00 Å². The number of hydrogen-bond acceptors (Lipinski definition) is 3. The second-order valence-corrected chi connectivity index (χ2v) is 8.72. The molecule has 0 radical (unpaired) electrons. The molecular formula is C23H30N2O2S. The molecule has 0 unspecified atom stereocenters. The Morgan fingerprint density at radius 1 is 1.21 bits per heavy atom. The van der Waals surface area contributed by atoms with Gasteiger partial charge in [-0.15, -0.1) is 11.3 Å². The molecule has 4 nitrogen and oxygen atoms in total. The van der Waals surface area contributed by atoms with Crippen LogP contribution in [0, 0.1) is 5.92 Å². The Morgan fingerprint density at radius 2 is 1.96 bits per heavy atom. The fourth-order valence-electron chi connectivity index (χ4n) is 3.74. The number of hydrogen-bond donors (Lipinski definition) is 1. The molecule has 150 valence electrons. The molecule has 1 heterocycles. The standard InChI is InChI=1S/C23H30N2O2S/c1-4-6-14-25(5-2)23(27)20-18-13-12-16(3)15-19(18)28-22(20)24-21(26)17-10-8-7-9-11-17/h7-11,16H,4-6,12-15H2,1-3H3,(H,24,26)/t16-/m0/s1. The molecule has 0 aliphatic heterocycles. The number of nitrogens with one attached hydrogen (secondary N) is 1. The minimum atomic E-state index is -0.155. The molecule has 28 heavy (non-hydrogen) atoms. The third-order valence-corrected chi connectivity index (χ3v) is 6.61. The molecule has 1 atom stereocenters. The predicted octanol–water partition coefficient (Wildman–Crippen LogP) is 5.39. The zero-order valence-electron chi connectivity index (χ0n) is 17.1. The summed E-state index contributed by atoms with van der Waals surface area (Å²) in [4.78, 5) is 29.3. The molecule has 0 saturated heterocycles. The lowest BCUT2D eigenvalue weighted by atomic mass is 9.88. The van der Waals surface area contributed by atoms with Gasteiger partial charge in [-0.05, 0) is 56.2 Å². The second-order valence-electron chi connectivity index (χ2n) is 7.61. The lowest BCUT2D eigenvalue weighted by Gasteiger charge is -2.23. The SMILES string of the molecule is CCCCN(CC)C(=O)c1c(NC(=O)c2ccccc2)sc2c1CC[C@H](C)C2. The van der Waals surface area contributed by atoms with E-state index in [1.54, 1.807) is 23.5 Å². The molecule has 1 N–H and O–H groups in total. The van der Waals surface area contributed by atoms with Crippen LogP contribution in [0.25, 0.3) is 0 Å². The summed E-state index contributed by atoms with van der Waals surface area (Å²) >= 11 is 1.59. The van der Waals surface area contributed by atoms with E-state index in [4.69, 9.17) is 0 Å². The van der Waals surface area contributed by atoms with Crippen molar-refractivity contribution in [3.63, 3.8) is 0 Å². The zero-order valence-corrected chi connectivity index (χ0v) is 17.9. The Kier molecular flexibility index (Phi) is 6.89. The Labute approximate surface area is 172 Å². The number of unbranched alkanes of at least 4 members (excludes halogenated alkanes) is 1. The molecular weight excluding hydrogens is 368 g/mol. The lowest BCUT2D eigenvalue weighted by molar-refractivity contribution is 0.0762. The van der Waals surface area contributed by atoms with Gasteiger partial charge < -0.3 is 10.2 Å². The van der Waals surface area contributed by atoms with E-state index in [2.05, 4.69) is 19.2 Å². The van der Waals surface area contributed by atoms with E-state index < -0.39 is 0 Å². The fourth-order valence-corrected chi connectivity index (χ4v) is 5.14. The summed E-state index contributed by atoms with van der Waals surface area (Å²) in [5.41, 5.74) is 2.50. The van der Waals surface area contributed by atoms with Crippen LogP contribution in [0.4, 0.5) is 5.00 Å². The highest BCUT2D eigenvalue weighted by Crippen LogP contribution is 2.40. The van der Waals surface area contributed by atoms with Crippen molar-refractivity contribution < 1.29 is 9.59 Å². The van der Waals surface area contributed by atoms with E-state index in [0.717, 1.165) is 49.8 Å². The molecule has 2 amide bonds. The van der Waals surface area contributed by atoms with Gasteiger partial charge in [0.2, 0.25) is 0 Å². The van der Waals surface area contributed by atoms with Gasteiger partial charge in [-0.1, -0.05) is 38.5 Å². The van der Waals surface area contributed by atoms with Crippen LogP contribution in [0.5, 0.6) is 0 Å². The van der Waals surface area contributed by atoms with E-state index in [9.17, 15) is 9.59 Å². The van der Waals surface area contributed by atoms with Crippen LogP contribution in [0.2, 0.25) is 0 Å². The molecule has 0 fully saturated rings. The molecule has 1 aromatic heterocycles. The zero-order chi connectivity index (χ0) is 20.1. The van der Waals surface area contributed by atoms with E-state index in [1.807, 2.05) is 30.0 Å². The number of nitrogens with zero attached hydrogens (tertiary/aromatic N) is 1. The molecule has 0 spiro atoms. The van der Waals surface area contributed by atoms with Crippen molar-refractivity contribution in [3.05, 3.63) is 51.9 Å². The molecule has 3 rings (SSSR count). The summed E-state index contributed by atoms with van der Waals surface area (Å²) in [7, 11) is 0. The summed E-state index contributed by atoms with van der Waals surface area (Å²) < 4.78 is 0. The number of benzene rings is 1. The van der Waals surface area contributed by atoms with E-state index >= 15 is 0 Å². The summed E-state index contributed by atoms with van der Waals surface area (Å²) in [6.45, 7) is 7.87. The van der Waals surface area contributed by atoms with Crippen LogP contribution in [-0.2, 0) is 12.8 Å². The van der Waals surface area contributed by atoms with Gasteiger partial charge in [0.05, 0.1) is 5.56 Å². The topological polar surface area (TPSA) is 49.4 Å². The van der Waals surface area contributed by atoms with Gasteiger partial charge in [-0.2, -0.15) is 0 Å². The third kappa shape index (κ3) is 4.46. The maximum Gasteiger partial charge on any atom is 0.257 e. The normalized spacial score (nSPS) is 15.8. The Hall–Kier alpha value is -2.14. The largest absolute Gasteiger partial charge is 0.339 e. The number of carbonyl (C=O) groups excluding carboxylic acids is 2. The summed E-state index contributed by atoms with van der Waals surface area (Å²) in [6.07, 6.45) is 5.05. The fraction of sp³-hybridized carbons (Fsp3) is 0.478. The van der Waals surface area contributed by atoms with Crippen LogP contribution in [0.1, 0.15) is 71.2 Å². The minimum absolute atomic E-state index is 0.0614. The highest BCUT2D eigenvalue weighted by Gasteiger charge is 2.30. The van der Waals surface area contributed by atoms with Gasteiger partial charge in [0, 0.05) is 23.5 Å². The van der Waals surface area contributed by atoms with Crippen molar-refractivity contribution in [2.24, 2.45) is 5.92 Å². The molecule has 1 aliphatic rings. The quantitative estimate of drug-likeness (QED) is 0.680. The van der Waals surface area contributed by atoms with E-state index in [0.29, 0.717) is 23.0 Å². The number of thiophene rings is 1. The molecule has 5 heteroatoms. The molecule has 2 aromatic rings. The summed E-state index contributed by atoms with van der Waals surface area (Å²) in [6, 6.07) is 9.19. The van der Waals surface area contributed by atoms with Crippen LogP contribution in [-0.4, -0.2) is 29.8 Å². The smallest absolute Gasteiger partial charge is 0.257 e. The molecule has 0 saturated carbocycles. The number of rotatable bonds is 7. The van der Waals surface area contributed by atoms with Gasteiger partial charge >= 0.3 is 0 Å². The minimum Gasteiger partial charge on any atom is -0.339 e. The van der Waals surface area contributed by atoms with Crippen molar-refractivity contribution in [2.45, 2.75) is 52.9 Å². The first kappa shape index (κ1) is 20.6. The number of fused-ring (bicyclic) bond motifs is 1. The third-order valence-electron chi connectivity index (χ3n) is 5.44. The molecule has 0 bridgehead atoms. The van der Waals surface area contributed by atoms with Crippen molar-refractivity contribution in [1.82, 2.24) is 4.90 Å². The van der Waals surface area contributed by atoms with Crippen LogP contribution >= 0.6 is 11.3 Å². The number of amides is 2. The summed E-state index contributed by atoms with van der Waals surface area (Å²) in [5.74, 6) is 0.526. The number of carbonyl (C=O) groups is 2. The second kappa shape index (κ2) is 9.37. The first-order valence-electron chi connectivity index (χ1n) is 10.3. The van der Waals surface area contributed by atoms with Crippen LogP contribution in [0.3, 0.4) is 0 Å². The highest BCUT2D eigenvalue weighted by atomic mass is 32.1. The maximum atomic E-state index is 13.4. The highest BCUT2D eigenvalue weighted by molar-refractivity contribution is 7.17. The molecule has 1 aromatic carbocycles. The Morgan fingerprint density at radius 3 is 2.64 bits per heavy atom. The van der Waals surface area contributed by atoms with E-state index in [1.165, 1.54) is 4.88 Å². The average Bonchev–Trinajstić information content (AvgIpc) is 3.05. The van der Waals surface area contributed by atoms with Crippen molar-refractivity contribution in [2.75, 3.05) is 18.4 Å². The van der Waals surface area contributed by atoms with Crippen molar-refractivity contribution in [1.29, 1.82) is 0 Å². The lowest BCUT2D eigenvalue weighted by Crippen LogP contribution is -2.33. The van der Waals surface area contributed by atoms with Gasteiger partial charge in [-0.25, -0.2) is 0 Å². The van der Waals surface area contributed by atoms with Gasteiger partial charge in [0.25, 0.3) is 11.8 Å². The Bertz CT molecular complexity index is 829. The first-order chi connectivity index (χ1) is 13.5. The summed E-state index contributed by atoms with van der Waals surface area (Å²) in [5, 5.41) is 3.76.